The van der Waals surface area contributed by atoms with Crippen molar-refractivity contribution in [2.24, 2.45) is 5.92 Å². The van der Waals surface area contributed by atoms with Crippen LogP contribution in [0.3, 0.4) is 0 Å². The summed E-state index contributed by atoms with van der Waals surface area (Å²) in [5, 5.41) is 6.18. The fourth-order valence-corrected chi connectivity index (χ4v) is 4.76. The van der Waals surface area contributed by atoms with E-state index in [-0.39, 0.29) is 5.91 Å². The number of aromatic nitrogens is 1. The molecule has 0 radical (unpaired) electrons. The summed E-state index contributed by atoms with van der Waals surface area (Å²) >= 11 is 1.67. The Bertz CT molecular complexity index is 700. The van der Waals surface area contributed by atoms with Gasteiger partial charge >= 0.3 is 0 Å². The average molecular weight is 341 g/mol. The Morgan fingerprint density at radius 2 is 2.17 bits per heavy atom. The number of amides is 1. The predicted octanol–water partition coefficient (Wildman–Crippen LogP) is 2.83. The van der Waals surface area contributed by atoms with E-state index in [9.17, 15) is 4.79 Å². The quantitative estimate of drug-likeness (QED) is 0.879. The highest BCUT2D eigenvalue weighted by Gasteiger charge is 2.38. The van der Waals surface area contributed by atoms with E-state index in [1.807, 2.05) is 6.07 Å². The van der Waals surface area contributed by atoms with Crippen molar-refractivity contribution in [1.29, 1.82) is 0 Å². The number of carbonyl (C=O) groups excluding carboxylic acids is 1. The Kier molecular flexibility index (Phi) is 4.63. The number of hydrogen-bond acceptors (Lipinski definition) is 4. The van der Waals surface area contributed by atoms with E-state index in [0.717, 1.165) is 29.6 Å². The third-order valence-corrected chi connectivity index (χ3v) is 6.03. The van der Waals surface area contributed by atoms with Gasteiger partial charge < -0.3 is 5.32 Å². The molecule has 2 fully saturated rings. The van der Waals surface area contributed by atoms with Gasteiger partial charge in [0.05, 0.1) is 23.8 Å². The monoisotopic (exact) mass is 341 g/mol. The number of carbonyl (C=O) groups is 1. The van der Waals surface area contributed by atoms with Crippen LogP contribution < -0.4 is 5.32 Å². The maximum absolute atomic E-state index is 12.2. The summed E-state index contributed by atoms with van der Waals surface area (Å²) in [4.78, 5) is 19.2. The van der Waals surface area contributed by atoms with Gasteiger partial charge in [0.1, 0.15) is 0 Å². The number of benzene rings is 1. The molecule has 1 aromatic heterocycles. The van der Waals surface area contributed by atoms with Crippen LogP contribution in [-0.4, -0.2) is 34.9 Å². The van der Waals surface area contributed by atoms with Gasteiger partial charge in [0.2, 0.25) is 5.91 Å². The number of fused-ring (bicyclic) bond motifs is 2. The third-order valence-electron chi connectivity index (χ3n) is 5.13. The highest BCUT2D eigenvalue weighted by molar-refractivity contribution is 7.09. The molecule has 0 unspecified atom stereocenters. The number of thiazole rings is 1. The summed E-state index contributed by atoms with van der Waals surface area (Å²) in [6, 6.07) is 11.0. The first-order valence-electron chi connectivity index (χ1n) is 8.74. The van der Waals surface area contributed by atoms with Crippen LogP contribution in [0, 0.1) is 5.92 Å². The Balaban J connectivity index is 1.25. The van der Waals surface area contributed by atoms with E-state index < -0.39 is 0 Å². The molecular weight excluding hydrogens is 318 g/mol. The molecule has 1 aromatic carbocycles. The molecule has 24 heavy (non-hydrogen) atoms. The summed E-state index contributed by atoms with van der Waals surface area (Å²) in [5.74, 6) is 0.960. The summed E-state index contributed by atoms with van der Waals surface area (Å²) in [5.41, 5.74) is 2.23. The van der Waals surface area contributed by atoms with Crippen LogP contribution in [0.25, 0.3) is 0 Å². The molecule has 2 bridgehead atoms. The van der Waals surface area contributed by atoms with Gasteiger partial charge in [-0.05, 0) is 30.7 Å². The summed E-state index contributed by atoms with van der Waals surface area (Å²) in [6.07, 6.45) is 4.77. The molecule has 5 heteroatoms. The molecule has 4 rings (SSSR count). The minimum absolute atomic E-state index is 0.125. The second-order valence-electron chi connectivity index (χ2n) is 6.93. The average Bonchev–Trinajstić information content (AvgIpc) is 3.31. The number of nitrogens with zero attached hydrogens (tertiary/aromatic N) is 2. The molecule has 1 N–H and O–H groups in total. The molecule has 1 saturated heterocycles. The standard InChI is InChI=1S/C19H23N3OS/c23-18(12-22-11-15-6-7-17(22)8-15)20-10-16-13-24-19(21-16)9-14-4-2-1-3-5-14/h1-5,13,15,17H,6-12H2,(H,20,23)/t15-,17+/m0/s1. The van der Waals surface area contributed by atoms with E-state index in [1.165, 1.54) is 24.8 Å². The number of hydrogen-bond donors (Lipinski definition) is 1. The van der Waals surface area contributed by atoms with Crippen molar-refractivity contribution in [2.45, 2.75) is 38.3 Å². The van der Waals surface area contributed by atoms with Crippen molar-refractivity contribution in [2.75, 3.05) is 13.1 Å². The van der Waals surface area contributed by atoms with Crippen molar-refractivity contribution >= 4 is 17.2 Å². The highest BCUT2D eigenvalue weighted by Crippen LogP contribution is 2.36. The van der Waals surface area contributed by atoms with Gasteiger partial charge in [-0.3, -0.25) is 9.69 Å². The molecule has 2 aliphatic rings. The number of likely N-dealkylation sites (tertiary alicyclic amines) is 1. The van der Waals surface area contributed by atoms with E-state index in [2.05, 4.69) is 44.8 Å². The van der Waals surface area contributed by atoms with Crippen molar-refractivity contribution in [1.82, 2.24) is 15.2 Å². The lowest BCUT2D eigenvalue weighted by molar-refractivity contribution is -0.122. The maximum atomic E-state index is 12.2. The molecule has 2 aromatic rings. The van der Waals surface area contributed by atoms with Crippen LogP contribution in [0.15, 0.2) is 35.7 Å². The molecule has 1 aliphatic carbocycles. The predicted molar refractivity (Wildman–Crippen MR) is 95.9 cm³/mol. The molecule has 1 amide bonds. The topological polar surface area (TPSA) is 45.2 Å². The van der Waals surface area contributed by atoms with Gasteiger partial charge in [-0.2, -0.15) is 0 Å². The van der Waals surface area contributed by atoms with Crippen LogP contribution >= 0.6 is 11.3 Å². The van der Waals surface area contributed by atoms with Gasteiger partial charge in [0.25, 0.3) is 0 Å². The van der Waals surface area contributed by atoms with E-state index in [0.29, 0.717) is 19.1 Å². The summed E-state index contributed by atoms with van der Waals surface area (Å²) in [7, 11) is 0. The smallest absolute Gasteiger partial charge is 0.234 e. The SMILES string of the molecule is O=C(CN1C[C@H]2CC[C@@H]1C2)NCc1csc(Cc2ccccc2)n1. The van der Waals surface area contributed by atoms with Gasteiger partial charge in [0, 0.05) is 24.4 Å². The molecule has 2 atom stereocenters. The number of nitrogens with one attached hydrogen (secondary N) is 1. The van der Waals surface area contributed by atoms with Gasteiger partial charge in [-0.1, -0.05) is 30.3 Å². The van der Waals surface area contributed by atoms with Crippen molar-refractivity contribution in [3.63, 3.8) is 0 Å². The van der Waals surface area contributed by atoms with Gasteiger partial charge in [-0.15, -0.1) is 11.3 Å². The van der Waals surface area contributed by atoms with E-state index in [1.54, 1.807) is 11.3 Å². The lowest BCUT2D eigenvalue weighted by atomic mass is 10.1. The molecule has 2 heterocycles. The lowest BCUT2D eigenvalue weighted by Gasteiger charge is -2.25. The Morgan fingerprint density at radius 1 is 1.29 bits per heavy atom. The second kappa shape index (κ2) is 7.03. The summed E-state index contributed by atoms with van der Waals surface area (Å²) < 4.78 is 0. The van der Waals surface area contributed by atoms with Crippen molar-refractivity contribution < 1.29 is 4.79 Å². The molecule has 1 aliphatic heterocycles. The largest absolute Gasteiger partial charge is 0.349 e. The zero-order valence-electron chi connectivity index (χ0n) is 13.8. The van der Waals surface area contributed by atoms with E-state index in [4.69, 9.17) is 0 Å². The fourth-order valence-electron chi connectivity index (χ4n) is 3.93. The molecule has 0 spiro atoms. The fraction of sp³-hybridized carbons (Fsp3) is 0.474. The van der Waals surface area contributed by atoms with Crippen LogP contribution in [0.5, 0.6) is 0 Å². The van der Waals surface area contributed by atoms with Gasteiger partial charge in [-0.25, -0.2) is 4.98 Å². The van der Waals surface area contributed by atoms with E-state index >= 15 is 0 Å². The highest BCUT2D eigenvalue weighted by atomic mass is 32.1. The minimum atomic E-state index is 0.125. The molecular formula is C19H23N3OS. The third kappa shape index (κ3) is 3.68. The first-order valence-corrected chi connectivity index (χ1v) is 9.62. The zero-order chi connectivity index (χ0) is 16.4. The first kappa shape index (κ1) is 15.8. The zero-order valence-corrected chi connectivity index (χ0v) is 14.6. The second-order valence-corrected chi connectivity index (χ2v) is 7.88. The summed E-state index contributed by atoms with van der Waals surface area (Å²) in [6.45, 7) is 2.18. The Morgan fingerprint density at radius 3 is 2.92 bits per heavy atom. The lowest BCUT2D eigenvalue weighted by Crippen LogP contribution is -2.41. The van der Waals surface area contributed by atoms with Crippen LogP contribution in [-0.2, 0) is 17.8 Å². The van der Waals surface area contributed by atoms with Crippen LogP contribution in [0.2, 0.25) is 0 Å². The normalized spacial score (nSPS) is 22.8. The van der Waals surface area contributed by atoms with Crippen LogP contribution in [0.1, 0.15) is 35.5 Å². The number of rotatable bonds is 6. The minimum Gasteiger partial charge on any atom is -0.349 e. The first-order chi connectivity index (χ1) is 11.8. The molecule has 1 saturated carbocycles. The molecule has 126 valence electrons. The Labute approximate surface area is 146 Å². The van der Waals surface area contributed by atoms with Crippen LogP contribution in [0.4, 0.5) is 0 Å². The maximum Gasteiger partial charge on any atom is 0.234 e. The van der Waals surface area contributed by atoms with Crippen molar-refractivity contribution in [3.05, 3.63) is 52.0 Å². The van der Waals surface area contributed by atoms with Gasteiger partial charge in [0.15, 0.2) is 0 Å². The molecule has 4 nitrogen and oxygen atoms in total. The number of piperidine rings is 1. The van der Waals surface area contributed by atoms with Crippen molar-refractivity contribution in [3.8, 4) is 0 Å². The Hall–Kier alpha value is -1.72.